The standard InChI is InChI=1S/C14H17N3O/c1-9-6-4-5-7-12(9)10(2)16-14(18)13-8-15-17-11(13)3/h4-8,10H,1-3H3,(H,15,17)(H,16,18). The van der Waals surface area contributed by atoms with Gasteiger partial charge in [0.25, 0.3) is 5.91 Å². The number of hydrogen-bond donors (Lipinski definition) is 2. The molecular formula is C14H17N3O. The van der Waals surface area contributed by atoms with E-state index in [2.05, 4.69) is 15.5 Å². The highest BCUT2D eigenvalue weighted by molar-refractivity contribution is 5.95. The second-order valence-corrected chi connectivity index (χ2v) is 4.46. The van der Waals surface area contributed by atoms with Gasteiger partial charge in [-0.25, -0.2) is 0 Å². The number of nitrogens with one attached hydrogen (secondary N) is 2. The lowest BCUT2D eigenvalue weighted by atomic mass is 10.0. The molecule has 1 aromatic heterocycles. The van der Waals surface area contributed by atoms with Crippen LogP contribution in [-0.4, -0.2) is 16.1 Å². The summed E-state index contributed by atoms with van der Waals surface area (Å²) in [5.74, 6) is -0.1000. The van der Waals surface area contributed by atoms with E-state index in [1.54, 1.807) is 6.20 Å². The van der Waals surface area contributed by atoms with Crippen molar-refractivity contribution in [2.24, 2.45) is 0 Å². The molecule has 0 aliphatic heterocycles. The van der Waals surface area contributed by atoms with Crippen LogP contribution in [-0.2, 0) is 0 Å². The third kappa shape index (κ3) is 2.42. The predicted octanol–water partition coefficient (Wildman–Crippen LogP) is 2.52. The Hall–Kier alpha value is -2.10. The Balaban J connectivity index is 2.13. The number of carbonyl (C=O) groups excluding carboxylic acids is 1. The van der Waals surface area contributed by atoms with Crippen LogP contribution in [0.25, 0.3) is 0 Å². The normalized spacial score (nSPS) is 12.2. The number of hydrogen-bond acceptors (Lipinski definition) is 2. The van der Waals surface area contributed by atoms with Gasteiger partial charge in [-0.1, -0.05) is 24.3 Å². The highest BCUT2D eigenvalue weighted by Crippen LogP contribution is 2.17. The van der Waals surface area contributed by atoms with E-state index in [0.29, 0.717) is 5.56 Å². The minimum atomic E-state index is -0.1000. The molecule has 0 spiro atoms. The van der Waals surface area contributed by atoms with Gasteiger partial charge in [0.15, 0.2) is 0 Å². The minimum Gasteiger partial charge on any atom is -0.345 e. The second kappa shape index (κ2) is 5.04. The van der Waals surface area contributed by atoms with E-state index in [9.17, 15) is 4.79 Å². The molecule has 1 amide bonds. The highest BCUT2D eigenvalue weighted by atomic mass is 16.1. The lowest BCUT2D eigenvalue weighted by molar-refractivity contribution is 0.0939. The molecule has 0 saturated heterocycles. The molecule has 1 unspecified atom stereocenters. The Labute approximate surface area is 106 Å². The van der Waals surface area contributed by atoms with E-state index in [1.165, 1.54) is 5.56 Å². The van der Waals surface area contributed by atoms with Crippen molar-refractivity contribution in [3.05, 3.63) is 52.8 Å². The van der Waals surface area contributed by atoms with Crippen LogP contribution < -0.4 is 5.32 Å². The first-order valence-electron chi connectivity index (χ1n) is 5.96. The fourth-order valence-corrected chi connectivity index (χ4v) is 2.00. The zero-order valence-electron chi connectivity index (χ0n) is 10.8. The van der Waals surface area contributed by atoms with Crippen molar-refractivity contribution in [3.8, 4) is 0 Å². The Kier molecular flexibility index (Phi) is 3.46. The van der Waals surface area contributed by atoms with Gasteiger partial charge in [0, 0.05) is 5.69 Å². The first-order valence-corrected chi connectivity index (χ1v) is 5.96. The SMILES string of the molecule is Cc1ccccc1C(C)NC(=O)c1cn[nH]c1C. The molecular weight excluding hydrogens is 226 g/mol. The van der Waals surface area contributed by atoms with Gasteiger partial charge < -0.3 is 5.32 Å². The van der Waals surface area contributed by atoms with Crippen LogP contribution in [0.3, 0.4) is 0 Å². The first kappa shape index (κ1) is 12.4. The van der Waals surface area contributed by atoms with Crippen molar-refractivity contribution < 1.29 is 4.79 Å². The topological polar surface area (TPSA) is 57.8 Å². The van der Waals surface area contributed by atoms with Crippen molar-refractivity contribution in [1.29, 1.82) is 0 Å². The molecule has 0 aliphatic rings. The van der Waals surface area contributed by atoms with Gasteiger partial charge in [0.05, 0.1) is 17.8 Å². The molecule has 1 aromatic carbocycles. The number of nitrogens with zero attached hydrogens (tertiary/aromatic N) is 1. The summed E-state index contributed by atoms with van der Waals surface area (Å²) in [5, 5.41) is 9.60. The summed E-state index contributed by atoms with van der Waals surface area (Å²) in [6.45, 7) is 5.86. The van der Waals surface area contributed by atoms with E-state index >= 15 is 0 Å². The van der Waals surface area contributed by atoms with Crippen LogP contribution in [0.4, 0.5) is 0 Å². The van der Waals surface area contributed by atoms with Gasteiger partial charge in [0.2, 0.25) is 0 Å². The number of benzene rings is 1. The van der Waals surface area contributed by atoms with Gasteiger partial charge in [0.1, 0.15) is 0 Å². The molecule has 0 bridgehead atoms. The second-order valence-electron chi connectivity index (χ2n) is 4.46. The average molecular weight is 243 g/mol. The number of amides is 1. The maximum Gasteiger partial charge on any atom is 0.255 e. The van der Waals surface area contributed by atoms with Crippen molar-refractivity contribution in [1.82, 2.24) is 15.5 Å². The molecule has 94 valence electrons. The van der Waals surface area contributed by atoms with Crippen LogP contribution in [0, 0.1) is 13.8 Å². The Bertz CT molecular complexity index is 560. The number of H-pyrrole nitrogens is 1. The molecule has 0 radical (unpaired) electrons. The number of carbonyl (C=O) groups is 1. The monoisotopic (exact) mass is 243 g/mol. The quantitative estimate of drug-likeness (QED) is 0.870. The average Bonchev–Trinajstić information content (AvgIpc) is 2.76. The fourth-order valence-electron chi connectivity index (χ4n) is 2.00. The van der Waals surface area contributed by atoms with Crippen LogP contribution >= 0.6 is 0 Å². The molecule has 1 atom stereocenters. The lowest BCUT2D eigenvalue weighted by Crippen LogP contribution is -2.27. The van der Waals surface area contributed by atoms with Crippen LogP contribution in [0.2, 0.25) is 0 Å². The predicted molar refractivity (Wildman–Crippen MR) is 70.4 cm³/mol. The van der Waals surface area contributed by atoms with Crippen LogP contribution in [0.15, 0.2) is 30.5 Å². The molecule has 2 aromatic rings. The number of rotatable bonds is 3. The van der Waals surface area contributed by atoms with Crippen LogP contribution in [0.1, 0.15) is 40.1 Å². The molecule has 4 heteroatoms. The number of aromatic nitrogens is 2. The van der Waals surface area contributed by atoms with E-state index in [4.69, 9.17) is 0 Å². The van der Waals surface area contributed by atoms with E-state index in [-0.39, 0.29) is 11.9 Å². The van der Waals surface area contributed by atoms with Crippen molar-refractivity contribution in [2.45, 2.75) is 26.8 Å². The van der Waals surface area contributed by atoms with E-state index < -0.39 is 0 Å². The number of aryl methyl sites for hydroxylation is 2. The van der Waals surface area contributed by atoms with Gasteiger partial charge in [-0.2, -0.15) is 5.10 Å². The summed E-state index contributed by atoms with van der Waals surface area (Å²) in [5.41, 5.74) is 3.68. The van der Waals surface area contributed by atoms with Crippen molar-refractivity contribution >= 4 is 5.91 Å². The van der Waals surface area contributed by atoms with E-state index in [1.807, 2.05) is 45.0 Å². The maximum atomic E-state index is 12.1. The van der Waals surface area contributed by atoms with Gasteiger partial charge in [-0.05, 0) is 31.9 Å². The molecule has 2 N–H and O–H groups in total. The zero-order chi connectivity index (χ0) is 13.1. The fraction of sp³-hybridized carbons (Fsp3) is 0.286. The Morgan fingerprint density at radius 1 is 1.33 bits per heavy atom. The summed E-state index contributed by atoms with van der Waals surface area (Å²) in [6, 6.07) is 8.03. The minimum absolute atomic E-state index is 0.0204. The maximum absolute atomic E-state index is 12.1. The molecule has 0 fully saturated rings. The highest BCUT2D eigenvalue weighted by Gasteiger charge is 2.15. The third-order valence-electron chi connectivity index (χ3n) is 3.08. The lowest BCUT2D eigenvalue weighted by Gasteiger charge is -2.16. The smallest absolute Gasteiger partial charge is 0.255 e. The summed E-state index contributed by atoms with van der Waals surface area (Å²) in [6.07, 6.45) is 1.55. The summed E-state index contributed by atoms with van der Waals surface area (Å²) in [4.78, 5) is 12.1. The van der Waals surface area contributed by atoms with Gasteiger partial charge in [-0.3, -0.25) is 9.89 Å². The van der Waals surface area contributed by atoms with Gasteiger partial charge in [-0.15, -0.1) is 0 Å². The first-order chi connectivity index (χ1) is 8.59. The summed E-state index contributed by atoms with van der Waals surface area (Å²) in [7, 11) is 0. The Morgan fingerprint density at radius 3 is 2.67 bits per heavy atom. The molecule has 4 nitrogen and oxygen atoms in total. The van der Waals surface area contributed by atoms with Gasteiger partial charge >= 0.3 is 0 Å². The summed E-state index contributed by atoms with van der Waals surface area (Å²) < 4.78 is 0. The summed E-state index contributed by atoms with van der Waals surface area (Å²) >= 11 is 0. The molecule has 2 rings (SSSR count). The Morgan fingerprint density at radius 2 is 2.06 bits per heavy atom. The van der Waals surface area contributed by atoms with E-state index in [0.717, 1.165) is 11.3 Å². The van der Waals surface area contributed by atoms with Crippen molar-refractivity contribution in [3.63, 3.8) is 0 Å². The number of aromatic amines is 1. The largest absolute Gasteiger partial charge is 0.345 e. The molecule has 0 aliphatic carbocycles. The van der Waals surface area contributed by atoms with Crippen LogP contribution in [0.5, 0.6) is 0 Å². The molecule has 1 heterocycles. The van der Waals surface area contributed by atoms with Crippen molar-refractivity contribution in [2.75, 3.05) is 0 Å². The zero-order valence-corrected chi connectivity index (χ0v) is 10.8. The molecule has 18 heavy (non-hydrogen) atoms. The third-order valence-corrected chi connectivity index (χ3v) is 3.08. The molecule has 0 saturated carbocycles.